The molecule has 0 aliphatic rings. The second-order valence-electron chi connectivity index (χ2n) is 4.35. The average molecular weight is 260 g/mol. The van der Waals surface area contributed by atoms with E-state index in [1.807, 2.05) is 13.8 Å². The molecule has 19 heavy (non-hydrogen) atoms. The number of nitrogens with zero attached hydrogens (tertiary/aromatic N) is 3. The minimum Gasteiger partial charge on any atom is -0.478 e. The summed E-state index contributed by atoms with van der Waals surface area (Å²) in [6.07, 6.45) is 2.22. The maximum atomic E-state index is 11.1. The quantitative estimate of drug-likeness (QED) is 0.876. The van der Waals surface area contributed by atoms with Gasteiger partial charge in [0.2, 0.25) is 0 Å². The highest BCUT2D eigenvalue weighted by Crippen LogP contribution is 2.19. The molecule has 0 aromatic carbocycles. The van der Waals surface area contributed by atoms with E-state index in [1.54, 1.807) is 4.68 Å². The molecule has 6 heteroatoms. The molecule has 0 aliphatic heterocycles. The summed E-state index contributed by atoms with van der Waals surface area (Å²) in [7, 11) is 0. The number of carboxylic acids is 1. The second-order valence-corrected chi connectivity index (χ2v) is 4.35. The van der Waals surface area contributed by atoms with E-state index in [9.17, 15) is 4.79 Å². The number of aromatic nitrogens is 3. The molecule has 0 aliphatic carbocycles. The van der Waals surface area contributed by atoms with Crippen molar-refractivity contribution < 1.29 is 9.90 Å². The van der Waals surface area contributed by atoms with E-state index in [0.717, 1.165) is 23.4 Å². The maximum Gasteiger partial charge on any atom is 0.337 e. The molecule has 2 aromatic rings. The molecular weight excluding hydrogens is 244 g/mol. The zero-order chi connectivity index (χ0) is 14.2. The summed E-state index contributed by atoms with van der Waals surface area (Å²) >= 11 is 0. The minimum atomic E-state index is -1.07. The van der Waals surface area contributed by atoms with Gasteiger partial charge in [-0.2, -0.15) is 5.10 Å². The van der Waals surface area contributed by atoms with Gasteiger partial charge in [0.05, 0.1) is 23.1 Å². The fraction of sp³-hybridized carbons (Fsp3) is 0.308. The zero-order valence-corrected chi connectivity index (χ0v) is 11.1. The van der Waals surface area contributed by atoms with Crippen molar-refractivity contribution in [1.29, 1.82) is 0 Å². The largest absolute Gasteiger partial charge is 0.478 e. The number of nitrogen functional groups attached to an aromatic ring is 1. The summed E-state index contributed by atoms with van der Waals surface area (Å²) in [4.78, 5) is 15.2. The lowest BCUT2D eigenvalue weighted by Crippen LogP contribution is -2.08. The molecule has 2 heterocycles. The summed E-state index contributed by atoms with van der Waals surface area (Å²) in [5.41, 5.74) is 8.82. The number of carbonyl (C=O) groups is 1. The minimum absolute atomic E-state index is 0.0376. The van der Waals surface area contributed by atoms with E-state index in [0.29, 0.717) is 5.82 Å². The lowest BCUT2D eigenvalue weighted by Gasteiger charge is -2.06. The summed E-state index contributed by atoms with van der Waals surface area (Å²) in [6.45, 7) is 5.93. The lowest BCUT2D eigenvalue weighted by molar-refractivity contribution is 0.0698. The molecule has 2 aromatic heterocycles. The number of hydrogen-bond donors (Lipinski definition) is 2. The predicted molar refractivity (Wildman–Crippen MR) is 71.6 cm³/mol. The van der Waals surface area contributed by atoms with Gasteiger partial charge in [0.15, 0.2) is 5.82 Å². The monoisotopic (exact) mass is 260 g/mol. The van der Waals surface area contributed by atoms with Crippen LogP contribution in [0.5, 0.6) is 0 Å². The van der Waals surface area contributed by atoms with Crippen molar-refractivity contribution in [1.82, 2.24) is 14.8 Å². The van der Waals surface area contributed by atoms with Gasteiger partial charge in [0.1, 0.15) is 0 Å². The third-order valence-corrected chi connectivity index (χ3v) is 3.16. The normalized spacial score (nSPS) is 10.7. The van der Waals surface area contributed by atoms with Crippen molar-refractivity contribution in [3.05, 3.63) is 34.8 Å². The van der Waals surface area contributed by atoms with Gasteiger partial charge in [-0.3, -0.25) is 0 Å². The third kappa shape index (κ3) is 2.16. The molecular formula is C13H16N4O2. The Morgan fingerprint density at radius 3 is 2.68 bits per heavy atom. The highest BCUT2D eigenvalue weighted by molar-refractivity contribution is 5.93. The Hall–Kier alpha value is -2.37. The number of rotatable bonds is 3. The summed E-state index contributed by atoms with van der Waals surface area (Å²) < 4.78 is 1.65. The van der Waals surface area contributed by atoms with Crippen LogP contribution in [0.1, 0.15) is 34.2 Å². The molecule has 0 saturated carbocycles. The third-order valence-electron chi connectivity index (χ3n) is 3.16. The maximum absolute atomic E-state index is 11.1. The fourth-order valence-electron chi connectivity index (χ4n) is 2.17. The van der Waals surface area contributed by atoms with Crippen molar-refractivity contribution in [3.8, 4) is 5.82 Å². The molecule has 0 saturated heterocycles. The SMILES string of the molecule is CCc1c(C)nn(-c2cc(C(=O)O)c(N)cn2)c1C. The molecule has 0 unspecified atom stereocenters. The molecule has 6 nitrogen and oxygen atoms in total. The number of nitrogens with two attached hydrogens (primary N) is 1. The number of anilines is 1. The van der Waals surface area contributed by atoms with Crippen LogP contribution in [-0.4, -0.2) is 25.8 Å². The first-order valence-corrected chi connectivity index (χ1v) is 6.00. The molecule has 3 N–H and O–H groups in total. The first kappa shape index (κ1) is 13.1. The number of aryl methyl sites for hydroxylation is 1. The fourth-order valence-corrected chi connectivity index (χ4v) is 2.17. The van der Waals surface area contributed by atoms with E-state index in [-0.39, 0.29) is 11.3 Å². The van der Waals surface area contributed by atoms with E-state index >= 15 is 0 Å². The van der Waals surface area contributed by atoms with E-state index < -0.39 is 5.97 Å². The van der Waals surface area contributed by atoms with Crippen LogP contribution in [0.4, 0.5) is 5.69 Å². The standard InChI is InChI=1S/C13H16N4O2/c1-4-9-7(2)16-17(8(9)3)12-5-10(13(18)19)11(14)6-15-12/h5-6H,4,14H2,1-3H3,(H,18,19). The number of pyridine rings is 1. The van der Waals surface area contributed by atoms with Crippen LogP contribution in [0.3, 0.4) is 0 Å². The van der Waals surface area contributed by atoms with Crippen LogP contribution in [0.15, 0.2) is 12.3 Å². The topological polar surface area (TPSA) is 94.0 Å². The summed E-state index contributed by atoms with van der Waals surface area (Å²) in [5.74, 6) is -0.606. The average Bonchev–Trinajstić information content (AvgIpc) is 2.64. The van der Waals surface area contributed by atoms with Gasteiger partial charge >= 0.3 is 5.97 Å². The zero-order valence-electron chi connectivity index (χ0n) is 11.1. The van der Waals surface area contributed by atoms with Gasteiger partial charge in [-0.15, -0.1) is 0 Å². The number of aromatic carboxylic acids is 1. The number of hydrogen-bond acceptors (Lipinski definition) is 4. The molecule has 0 atom stereocenters. The summed E-state index contributed by atoms with van der Waals surface area (Å²) in [5, 5.41) is 13.5. The molecule has 0 spiro atoms. The van der Waals surface area contributed by atoms with Crippen LogP contribution in [-0.2, 0) is 6.42 Å². The molecule has 100 valence electrons. The molecule has 0 bridgehead atoms. The van der Waals surface area contributed by atoms with Gasteiger partial charge in [-0.25, -0.2) is 14.5 Å². The van der Waals surface area contributed by atoms with Crippen molar-refractivity contribution in [2.45, 2.75) is 27.2 Å². The summed E-state index contributed by atoms with van der Waals surface area (Å²) in [6, 6.07) is 1.44. The molecule has 0 radical (unpaired) electrons. The van der Waals surface area contributed by atoms with Gasteiger partial charge in [-0.05, 0) is 31.9 Å². The Balaban J connectivity index is 2.60. The Morgan fingerprint density at radius 2 is 2.16 bits per heavy atom. The van der Waals surface area contributed by atoms with Gasteiger partial charge in [0.25, 0.3) is 0 Å². The smallest absolute Gasteiger partial charge is 0.337 e. The van der Waals surface area contributed by atoms with Gasteiger partial charge in [0, 0.05) is 5.69 Å². The van der Waals surface area contributed by atoms with Crippen molar-refractivity contribution >= 4 is 11.7 Å². The predicted octanol–water partition coefficient (Wildman–Crippen LogP) is 1.73. The van der Waals surface area contributed by atoms with Crippen molar-refractivity contribution in [2.75, 3.05) is 5.73 Å². The van der Waals surface area contributed by atoms with Crippen LogP contribution in [0.2, 0.25) is 0 Å². The van der Waals surface area contributed by atoms with E-state index in [1.165, 1.54) is 12.3 Å². The van der Waals surface area contributed by atoms with Gasteiger partial charge in [-0.1, -0.05) is 6.92 Å². The Bertz CT molecular complexity index is 646. The van der Waals surface area contributed by atoms with Crippen LogP contribution >= 0.6 is 0 Å². The molecule has 0 amide bonds. The van der Waals surface area contributed by atoms with Gasteiger partial charge < -0.3 is 10.8 Å². The highest BCUT2D eigenvalue weighted by Gasteiger charge is 2.15. The first-order valence-electron chi connectivity index (χ1n) is 6.00. The molecule has 0 fully saturated rings. The van der Waals surface area contributed by atoms with E-state index in [4.69, 9.17) is 10.8 Å². The van der Waals surface area contributed by atoms with Crippen LogP contribution in [0.25, 0.3) is 5.82 Å². The Morgan fingerprint density at radius 1 is 1.47 bits per heavy atom. The molecule has 2 rings (SSSR count). The lowest BCUT2D eigenvalue weighted by atomic mass is 10.1. The van der Waals surface area contributed by atoms with Crippen molar-refractivity contribution in [3.63, 3.8) is 0 Å². The van der Waals surface area contributed by atoms with Crippen molar-refractivity contribution in [2.24, 2.45) is 0 Å². The first-order chi connectivity index (χ1) is 8.95. The van der Waals surface area contributed by atoms with E-state index in [2.05, 4.69) is 17.0 Å². The highest BCUT2D eigenvalue weighted by atomic mass is 16.4. The Labute approximate surface area is 110 Å². The van der Waals surface area contributed by atoms with Crippen LogP contribution < -0.4 is 5.73 Å². The number of carboxylic acid groups (broad SMARTS) is 1. The second kappa shape index (κ2) is 4.72. The Kier molecular flexibility index (Phi) is 3.25. The van der Waals surface area contributed by atoms with Crippen LogP contribution in [0, 0.1) is 13.8 Å².